The zero-order valence-electron chi connectivity index (χ0n) is 17.3. The fourth-order valence-electron chi connectivity index (χ4n) is 3.93. The Morgan fingerprint density at radius 1 is 0.828 bits per heavy atom. The summed E-state index contributed by atoms with van der Waals surface area (Å²) < 4.78 is 15.6. The number of aromatic nitrogens is 2. The minimum Gasteiger partial charge on any atom is -0.323 e. The maximum absolute atomic E-state index is 13.3. The second-order valence-electron chi connectivity index (χ2n) is 8.23. The maximum Gasteiger partial charge on any atom is 0.123 e. The van der Waals surface area contributed by atoms with E-state index in [9.17, 15) is 4.39 Å². The topological polar surface area (TPSA) is 17.8 Å². The van der Waals surface area contributed by atoms with Gasteiger partial charge in [-0.3, -0.25) is 0 Å². The van der Waals surface area contributed by atoms with Gasteiger partial charge in [-0.05, 0) is 53.3 Å². The summed E-state index contributed by atoms with van der Waals surface area (Å²) in [4.78, 5) is 4.96. The van der Waals surface area contributed by atoms with Crippen LogP contribution in [0.3, 0.4) is 0 Å². The van der Waals surface area contributed by atoms with Crippen molar-refractivity contribution in [3.8, 4) is 0 Å². The highest BCUT2D eigenvalue weighted by atomic mass is 19.1. The number of benzene rings is 3. The van der Waals surface area contributed by atoms with Crippen molar-refractivity contribution in [2.45, 2.75) is 39.7 Å². The Balaban J connectivity index is 1.71. The molecule has 0 N–H and O–H groups in total. The van der Waals surface area contributed by atoms with Gasteiger partial charge in [0.15, 0.2) is 0 Å². The second-order valence-corrected chi connectivity index (χ2v) is 8.23. The first-order valence-electron chi connectivity index (χ1n) is 10.3. The van der Waals surface area contributed by atoms with E-state index in [1.165, 1.54) is 23.3 Å². The first-order valence-corrected chi connectivity index (χ1v) is 10.3. The molecule has 0 aliphatic rings. The molecule has 29 heavy (non-hydrogen) atoms. The van der Waals surface area contributed by atoms with E-state index in [0.29, 0.717) is 12.5 Å². The average Bonchev–Trinajstić information content (AvgIpc) is 3.08. The second kappa shape index (κ2) is 8.20. The minimum atomic E-state index is -0.209. The van der Waals surface area contributed by atoms with Crippen LogP contribution in [0.1, 0.15) is 49.2 Å². The average molecular weight is 387 g/mol. The molecule has 0 aliphatic heterocycles. The molecule has 2 nitrogen and oxygen atoms in total. The summed E-state index contributed by atoms with van der Waals surface area (Å²) >= 11 is 0. The van der Waals surface area contributed by atoms with Crippen molar-refractivity contribution in [1.29, 1.82) is 0 Å². The van der Waals surface area contributed by atoms with Gasteiger partial charge in [-0.1, -0.05) is 69.3 Å². The molecule has 0 bridgehead atoms. The van der Waals surface area contributed by atoms with Crippen LogP contribution in [0.25, 0.3) is 11.0 Å². The van der Waals surface area contributed by atoms with Gasteiger partial charge in [0.25, 0.3) is 0 Å². The number of halogens is 1. The third kappa shape index (κ3) is 4.24. The summed E-state index contributed by atoms with van der Waals surface area (Å²) in [5.41, 5.74) is 5.79. The van der Waals surface area contributed by atoms with Crippen molar-refractivity contribution in [2.75, 3.05) is 0 Å². The Morgan fingerprint density at radius 3 is 2.17 bits per heavy atom. The highest BCUT2D eigenvalue weighted by Gasteiger charge is 2.18. The van der Waals surface area contributed by atoms with Crippen LogP contribution in [-0.2, 0) is 13.0 Å². The highest BCUT2D eigenvalue weighted by molar-refractivity contribution is 5.76. The van der Waals surface area contributed by atoms with Crippen molar-refractivity contribution in [1.82, 2.24) is 9.55 Å². The van der Waals surface area contributed by atoms with Gasteiger partial charge in [0.2, 0.25) is 0 Å². The third-order valence-corrected chi connectivity index (χ3v) is 5.45. The molecule has 0 spiro atoms. The predicted octanol–water partition coefficient (Wildman–Crippen LogP) is 6.57. The van der Waals surface area contributed by atoms with Gasteiger partial charge in [-0.2, -0.15) is 0 Å². The number of fused-ring (bicyclic) bond motifs is 1. The van der Waals surface area contributed by atoms with Crippen LogP contribution in [-0.4, -0.2) is 9.55 Å². The van der Waals surface area contributed by atoms with E-state index < -0.39 is 0 Å². The monoisotopic (exact) mass is 386 g/mol. The molecule has 0 saturated heterocycles. The normalized spacial score (nSPS) is 12.6. The fraction of sp³-hybridized carbons (Fsp3) is 0.269. The van der Waals surface area contributed by atoms with Crippen LogP contribution in [0.2, 0.25) is 0 Å². The summed E-state index contributed by atoms with van der Waals surface area (Å²) in [7, 11) is 0. The standard InChI is InChI=1S/C26H27FN2/c1-18(2)16-20-8-12-22(13-9-20)19(3)26-28-24-6-4-5-7-25(24)29(26)17-21-10-14-23(27)15-11-21/h4-15,18-19H,16-17H2,1-3H3/t19-/m1/s1. The van der Waals surface area contributed by atoms with Crippen LogP contribution >= 0.6 is 0 Å². The van der Waals surface area contributed by atoms with Crippen molar-refractivity contribution in [2.24, 2.45) is 5.92 Å². The quantitative estimate of drug-likeness (QED) is 0.366. The largest absolute Gasteiger partial charge is 0.323 e. The number of hydrogen-bond acceptors (Lipinski definition) is 1. The lowest BCUT2D eigenvalue weighted by Gasteiger charge is -2.16. The molecule has 3 aromatic carbocycles. The molecule has 0 unspecified atom stereocenters. The molecule has 148 valence electrons. The van der Waals surface area contributed by atoms with Crippen LogP contribution in [0, 0.1) is 11.7 Å². The van der Waals surface area contributed by atoms with Gasteiger partial charge in [0.1, 0.15) is 11.6 Å². The summed E-state index contributed by atoms with van der Waals surface area (Å²) in [6.07, 6.45) is 1.09. The van der Waals surface area contributed by atoms with Gasteiger partial charge in [0.05, 0.1) is 11.0 Å². The first-order chi connectivity index (χ1) is 14.0. The zero-order chi connectivity index (χ0) is 20.4. The Kier molecular flexibility index (Phi) is 5.48. The molecular formula is C26H27FN2. The molecular weight excluding hydrogens is 359 g/mol. The Labute approximate surface area is 172 Å². The number of rotatable bonds is 6. The Bertz CT molecular complexity index is 1090. The molecule has 4 aromatic rings. The van der Waals surface area contributed by atoms with Crippen molar-refractivity contribution in [3.63, 3.8) is 0 Å². The molecule has 1 aromatic heterocycles. The number of hydrogen-bond donors (Lipinski definition) is 0. The van der Waals surface area contributed by atoms with Crippen LogP contribution < -0.4 is 0 Å². The highest BCUT2D eigenvalue weighted by Crippen LogP contribution is 2.28. The lowest BCUT2D eigenvalue weighted by Crippen LogP contribution is -2.09. The number of imidazole rings is 1. The summed E-state index contributed by atoms with van der Waals surface area (Å²) in [6, 6.07) is 23.9. The third-order valence-electron chi connectivity index (χ3n) is 5.45. The lowest BCUT2D eigenvalue weighted by molar-refractivity contribution is 0.625. The Hall–Kier alpha value is -2.94. The van der Waals surface area contributed by atoms with Gasteiger partial charge in [0, 0.05) is 12.5 Å². The maximum atomic E-state index is 13.3. The van der Waals surface area contributed by atoms with Gasteiger partial charge in [-0.15, -0.1) is 0 Å². The SMILES string of the molecule is CC(C)Cc1ccc([C@@H](C)c2nc3ccccc3n2Cc2ccc(F)cc2)cc1. The molecule has 0 fully saturated rings. The predicted molar refractivity (Wildman–Crippen MR) is 118 cm³/mol. The molecule has 0 saturated carbocycles. The van der Waals surface area contributed by atoms with Crippen LogP contribution in [0.5, 0.6) is 0 Å². The van der Waals surface area contributed by atoms with E-state index in [2.05, 4.69) is 61.7 Å². The van der Waals surface area contributed by atoms with E-state index in [-0.39, 0.29) is 11.7 Å². The van der Waals surface area contributed by atoms with E-state index in [1.54, 1.807) is 0 Å². The van der Waals surface area contributed by atoms with Crippen molar-refractivity contribution < 1.29 is 4.39 Å². The van der Waals surface area contributed by atoms with Gasteiger partial charge >= 0.3 is 0 Å². The smallest absolute Gasteiger partial charge is 0.123 e. The van der Waals surface area contributed by atoms with E-state index in [0.717, 1.165) is 28.8 Å². The summed E-state index contributed by atoms with van der Waals surface area (Å²) in [5.74, 6) is 1.64. The number of para-hydroxylation sites is 2. The first kappa shape index (κ1) is 19.4. The molecule has 1 heterocycles. The zero-order valence-corrected chi connectivity index (χ0v) is 17.3. The molecule has 4 rings (SSSR count). The summed E-state index contributed by atoms with van der Waals surface area (Å²) in [5, 5.41) is 0. The summed E-state index contributed by atoms with van der Waals surface area (Å²) in [6.45, 7) is 7.37. The van der Waals surface area contributed by atoms with E-state index in [1.807, 2.05) is 24.3 Å². The van der Waals surface area contributed by atoms with Gasteiger partial charge < -0.3 is 4.57 Å². The molecule has 3 heteroatoms. The minimum absolute atomic E-state index is 0.163. The van der Waals surface area contributed by atoms with Crippen molar-refractivity contribution >= 4 is 11.0 Å². The number of nitrogens with zero attached hydrogens (tertiary/aromatic N) is 2. The van der Waals surface area contributed by atoms with E-state index in [4.69, 9.17) is 4.98 Å². The molecule has 1 atom stereocenters. The Morgan fingerprint density at radius 2 is 1.48 bits per heavy atom. The molecule has 0 aliphatic carbocycles. The van der Waals surface area contributed by atoms with Gasteiger partial charge in [-0.25, -0.2) is 9.37 Å². The fourth-order valence-corrected chi connectivity index (χ4v) is 3.93. The van der Waals surface area contributed by atoms with Crippen molar-refractivity contribution in [3.05, 3.63) is 101 Å². The molecule has 0 amide bonds. The lowest BCUT2D eigenvalue weighted by atomic mass is 9.96. The molecule has 0 radical (unpaired) electrons. The van der Waals surface area contributed by atoms with Crippen LogP contribution in [0.4, 0.5) is 4.39 Å². The van der Waals surface area contributed by atoms with Crippen LogP contribution in [0.15, 0.2) is 72.8 Å². The van der Waals surface area contributed by atoms with E-state index >= 15 is 0 Å².